The zero-order chi connectivity index (χ0) is 27.0. The molecule has 1 aliphatic rings. The molecule has 5 nitrogen and oxygen atoms in total. The largest absolute Gasteiger partial charge is 0.322 e. The Kier molecular flexibility index (Phi) is 6.86. The molecule has 38 heavy (non-hydrogen) atoms. The summed E-state index contributed by atoms with van der Waals surface area (Å²) in [6.07, 6.45) is 3.15. The Morgan fingerprint density at radius 3 is 2.34 bits per heavy atom. The second-order valence-electron chi connectivity index (χ2n) is 8.67. The fraction of sp³-hybridized carbons (Fsp3) is 0.103. The van der Waals surface area contributed by atoms with Crippen LogP contribution in [0.15, 0.2) is 76.7 Å². The van der Waals surface area contributed by atoms with Crippen LogP contribution >= 0.6 is 11.8 Å². The number of fused-ring (bicyclic) bond motifs is 1. The van der Waals surface area contributed by atoms with Gasteiger partial charge < -0.3 is 5.32 Å². The second kappa shape index (κ2) is 10.3. The maximum absolute atomic E-state index is 14.8. The van der Waals surface area contributed by atoms with Crippen molar-refractivity contribution in [3.63, 3.8) is 0 Å². The highest BCUT2D eigenvalue weighted by molar-refractivity contribution is 7.98. The van der Waals surface area contributed by atoms with Crippen LogP contribution in [-0.4, -0.2) is 29.3 Å². The number of hydrogen-bond acceptors (Lipinski definition) is 4. The number of halogens is 3. The average molecular weight is 532 g/mol. The topological polar surface area (TPSA) is 71.4 Å². The van der Waals surface area contributed by atoms with E-state index in [1.165, 1.54) is 48.3 Å². The number of pyridine rings is 1. The Balaban J connectivity index is 1.64. The van der Waals surface area contributed by atoms with Crippen molar-refractivity contribution in [1.82, 2.24) is 4.98 Å². The molecule has 1 aromatic heterocycles. The van der Waals surface area contributed by atoms with Crippen LogP contribution in [0.4, 0.5) is 18.9 Å². The molecule has 0 spiro atoms. The first-order chi connectivity index (χ1) is 18.3. The molecule has 2 amide bonds. The maximum Gasteiger partial charge on any atom is 0.259 e. The lowest BCUT2D eigenvalue weighted by Crippen LogP contribution is -2.23. The van der Waals surface area contributed by atoms with Gasteiger partial charge in [-0.05, 0) is 84.5 Å². The molecule has 1 N–H and O–H groups in total. The lowest BCUT2D eigenvalue weighted by Gasteiger charge is -2.23. The minimum Gasteiger partial charge on any atom is -0.322 e. The first-order valence-electron chi connectivity index (χ1n) is 11.6. The molecule has 1 aliphatic heterocycles. The minimum atomic E-state index is -1.35. The normalized spacial score (nSPS) is 14.3. The number of rotatable bonds is 5. The summed E-state index contributed by atoms with van der Waals surface area (Å²) in [6.45, 7) is 1.86. The van der Waals surface area contributed by atoms with E-state index in [0.29, 0.717) is 33.0 Å². The van der Waals surface area contributed by atoms with Gasteiger partial charge in [0.15, 0.2) is 0 Å². The number of aromatic nitrogens is 1. The number of aryl methyl sites for hydroxylation is 1. The molecule has 0 radical (unpaired) electrons. The number of carbonyl (C=O) groups is 2. The Morgan fingerprint density at radius 2 is 1.66 bits per heavy atom. The SMILES string of the molecule is CSc1cc(-c2cc(C(=O)Nc3ccc(F)cc3)ccc2C)c2c(n1)C(c1c(F)cccc1F)C(=O)N=C2. The first kappa shape index (κ1) is 25.4. The molecule has 1 atom stereocenters. The van der Waals surface area contributed by atoms with E-state index in [1.807, 2.05) is 6.92 Å². The molecule has 4 aromatic rings. The van der Waals surface area contributed by atoms with Gasteiger partial charge in [0.25, 0.3) is 11.8 Å². The number of aliphatic imine (C=N–C) groups is 1. The van der Waals surface area contributed by atoms with Crippen molar-refractivity contribution in [3.05, 3.63) is 112 Å². The molecule has 190 valence electrons. The quantitative estimate of drug-likeness (QED) is 0.297. The summed E-state index contributed by atoms with van der Waals surface area (Å²) in [5, 5.41) is 3.27. The first-order valence-corrected chi connectivity index (χ1v) is 12.8. The van der Waals surface area contributed by atoms with E-state index in [-0.39, 0.29) is 5.69 Å². The molecule has 9 heteroatoms. The van der Waals surface area contributed by atoms with Crippen molar-refractivity contribution in [2.24, 2.45) is 4.99 Å². The highest BCUT2D eigenvalue weighted by Gasteiger charge is 2.35. The fourth-order valence-electron chi connectivity index (χ4n) is 4.39. The van der Waals surface area contributed by atoms with Gasteiger partial charge in [0.1, 0.15) is 23.4 Å². The van der Waals surface area contributed by atoms with Crippen molar-refractivity contribution in [2.45, 2.75) is 17.9 Å². The highest BCUT2D eigenvalue weighted by atomic mass is 32.2. The number of amides is 2. The van der Waals surface area contributed by atoms with E-state index in [9.17, 15) is 22.8 Å². The zero-order valence-corrected chi connectivity index (χ0v) is 21.1. The molecule has 0 aliphatic carbocycles. The van der Waals surface area contributed by atoms with Crippen molar-refractivity contribution in [1.29, 1.82) is 0 Å². The Hall–Kier alpha value is -4.24. The van der Waals surface area contributed by atoms with Gasteiger partial charge in [-0.15, -0.1) is 11.8 Å². The molecule has 2 heterocycles. The smallest absolute Gasteiger partial charge is 0.259 e. The number of nitrogens with one attached hydrogen (secondary N) is 1. The van der Waals surface area contributed by atoms with E-state index < -0.39 is 40.7 Å². The summed E-state index contributed by atoms with van der Waals surface area (Å²) >= 11 is 1.31. The zero-order valence-electron chi connectivity index (χ0n) is 20.3. The minimum absolute atomic E-state index is 0.191. The molecule has 0 bridgehead atoms. The molecule has 0 saturated heterocycles. The number of carbonyl (C=O) groups excluding carboxylic acids is 2. The van der Waals surface area contributed by atoms with Crippen LogP contribution in [0.3, 0.4) is 0 Å². The lowest BCUT2D eigenvalue weighted by atomic mass is 9.85. The standard InChI is InChI=1S/C29H20F3N3O2S/c1-15-6-7-16(28(36)34-18-10-8-17(30)9-11-18)12-19(15)20-13-24(38-2)35-27-21(20)14-33-29(37)26(27)25-22(31)4-3-5-23(25)32/h3-14,26H,1-2H3,(H,34,36). The molecule has 0 fully saturated rings. The van der Waals surface area contributed by atoms with Crippen molar-refractivity contribution in [3.8, 4) is 11.1 Å². The van der Waals surface area contributed by atoms with Crippen LogP contribution in [0.5, 0.6) is 0 Å². The second-order valence-corrected chi connectivity index (χ2v) is 9.49. The van der Waals surface area contributed by atoms with E-state index in [2.05, 4.69) is 15.3 Å². The monoisotopic (exact) mass is 531 g/mol. The van der Waals surface area contributed by atoms with Gasteiger partial charge in [-0.25, -0.2) is 23.1 Å². The Bertz CT molecular complexity index is 1600. The Labute approximate surface area is 220 Å². The van der Waals surface area contributed by atoms with Gasteiger partial charge in [-0.1, -0.05) is 12.1 Å². The van der Waals surface area contributed by atoms with Gasteiger partial charge in [0.2, 0.25) is 0 Å². The third kappa shape index (κ3) is 4.72. The third-order valence-electron chi connectivity index (χ3n) is 6.30. The van der Waals surface area contributed by atoms with Gasteiger partial charge in [-0.2, -0.15) is 0 Å². The van der Waals surface area contributed by atoms with Gasteiger partial charge in [-0.3, -0.25) is 9.59 Å². The van der Waals surface area contributed by atoms with E-state index >= 15 is 0 Å². The number of benzene rings is 3. The predicted octanol–water partition coefficient (Wildman–Crippen LogP) is 6.54. The molecule has 5 rings (SSSR count). The third-order valence-corrected chi connectivity index (χ3v) is 6.92. The average Bonchev–Trinajstić information content (AvgIpc) is 2.90. The summed E-state index contributed by atoms with van der Waals surface area (Å²) < 4.78 is 42.8. The van der Waals surface area contributed by atoms with E-state index in [1.54, 1.807) is 30.5 Å². The van der Waals surface area contributed by atoms with Crippen molar-refractivity contribution >= 4 is 35.5 Å². The van der Waals surface area contributed by atoms with Crippen LogP contribution < -0.4 is 5.32 Å². The van der Waals surface area contributed by atoms with E-state index in [4.69, 9.17) is 0 Å². The molecule has 1 unspecified atom stereocenters. The summed E-state index contributed by atoms with van der Waals surface area (Å²) in [5.41, 5.74) is 3.10. The highest BCUT2D eigenvalue weighted by Crippen LogP contribution is 2.39. The molecule has 3 aromatic carbocycles. The van der Waals surface area contributed by atoms with Crippen LogP contribution in [0.25, 0.3) is 11.1 Å². The Morgan fingerprint density at radius 1 is 0.947 bits per heavy atom. The number of anilines is 1. The van der Waals surface area contributed by atoms with Crippen LogP contribution in [-0.2, 0) is 4.79 Å². The van der Waals surface area contributed by atoms with Crippen LogP contribution in [0.1, 0.15) is 38.7 Å². The molecular weight excluding hydrogens is 511 g/mol. The van der Waals surface area contributed by atoms with Crippen molar-refractivity contribution in [2.75, 3.05) is 11.6 Å². The summed E-state index contributed by atoms with van der Waals surface area (Å²) in [5.74, 6) is -4.61. The molecular formula is C29H20F3N3O2S. The summed E-state index contributed by atoms with van der Waals surface area (Å²) in [6, 6.07) is 15.8. The summed E-state index contributed by atoms with van der Waals surface area (Å²) in [7, 11) is 0. The fourth-order valence-corrected chi connectivity index (χ4v) is 4.82. The maximum atomic E-state index is 14.8. The van der Waals surface area contributed by atoms with Gasteiger partial charge in [0, 0.05) is 28.6 Å². The van der Waals surface area contributed by atoms with Crippen LogP contribution in [0, 0.1) is 24.4 Å². The summed E-state index contributed by atoms with van der Waals surface area (Å²) in [4.78, 5) is 34.4. The lowest BCUT2D eigenvalue weighted by molar-refractivity contribution is -0.118. The predicted molar refractivity (Wildman–Crippen MR) is 141 cm³/mol. The molecule has 0 saturated carbocycles. The van der Waals surface area contributed by atoms with Gasteiger partial charge in [0.05, 0.1) is 10.7 Å². The number of hydrogen-bond donors (Lipinski definition) is 1. The van der Waals surface area contributed by atoms with Crippen molar-refractivity contribution < 1.29 is 22.8 Å². The number of thioether (sulfide) groups is 1. The number of nitrogens with zero attached hydrogens (tertiary/aromatic N) is 2. The van der Waals surface area contributed by atoms with Crippen LogP contribution in [0.2, 0.25) is 0 Å². The van der Waals surface area contributed by atoms with Gasteiger partial charge >= 0.3 is 0 Å². The van der Waals surface area contributed by atoms with E-state index in [0.717, 1.165) is 17.7 Å².